The molecule has 0 heterocycles. The van der Waals surface area contributed by atoms with Crippen molar-refractivity contribution in [2.24, 2.45) is 0 Å². The van der Waals surface area contributed by atoms with Gasteiger partial charge >= 0.3 is 0 Å². The first-order valence-electron chi connectivity index (χ1n) is 5.22. The van der Waals surface area contributed by atoms with Crippen molar-refractivity contribution in [1.82, 2.24) is 0 Å². The Bertz CT molecular complexity index is 458. The number of aldehydes is 1. The van der Waals surface area contributed by atoms with Crippen molar-refractivity contribution in [3.63, 3.8) is 0 Å². The van der Waals surface area contributed by atoms with E-state index in [1.165, 1.54) is 6.07 Å². The number of alkyl halides is 1. The summed E-state index contributed by atoms with van der Waals surface area (Å²) in [5.41, 5.74) is 0.855. The minimum Gasteiger partial charge on any atom is -0.503 e. The number of halogens is 1. The van der Waals surface area contributed by atoms with Gasteiger partial charge in [-0.15, -0.1) is 0 Å². The van der Waals surface area contributed by atoms with Gasteiger partial charge in [0.25, 0.3) is 0 Å². The molecule has 0 aliphatic rings. The highest BCUT2D eigenvalue weighted by molar-refractivity contribution is 9.09. The van der Waals surface area contributed by atoms with Gasteiger partial charge in [-0.3, -0.25) is 4.79 Å². The van der Waals surface area contributed by atoms with Crippen LogP contribution in [0.1, 0.15) is 29.3 Å². The standard InChI is InChI=1S/C13H13BrO3/c1-2-17-12-8-10(9-15)7-11(13(12)16)5-3-4-6-14/h7-9,16H,2,4,6H2,1H3. The van der Waals surface area contributed by atoms with Crippen LogP contribution in [-0.4, -0.2) is 23.3 Å². The number of carbonyl (C=O) groups is 1. The molecule has 0 saturated carbocycles. The molecule has 0 aliphatic heterocycles. The largest absolute Gasteiger partial charge is 0.503 e. The van der Waals surface area contributed by atoms with Crippen LogP contribution in [0.2, 0.25) is 0 Å². The van der Waals surface area contributed by atoms with E-state index >= 15 is 0 Å². The van der Waals surface area contributed by atoms with Crippen LogP contribution in [0.15, 0.2) is 12.1 Å². The third kappa shape index (κ3) is 3.79. The van der Waals surface area contributed by atoms with E-state index in [-0.39, 0.29) is 5.75 Å². The van der Waals surface area contributed by atoms with E-state index in [0.29, 0.717) is 36.2 Å². The van der Waals surface area contributed by atoms with Gasteiger partial charge < -0.3 is 9.84 Å². The Balaban J connectivity index is 3.15. The number of carbonyl (C=O) groups excluding carboxylic acids is 1. The number of phenols is 1. The molecule has 4 heteroatoms. The Kier molecular flexibility index (Phi) is 5.58. The lowest BCUT2D eigenvalue weighted by Gasteiger charge is -2.08. The smallest absolute Gasteiger partial charge is 0.173 e. The summed E-state index contributed by atoms with van der Waals surface area (Å²) in [6.07, 6.45) is 1.38. The molecule has 0 aliphatic carbocycles. The molecular formula is C13H13BrO3. The number of rotatable bonds is 4. The molecule has 0 saturated heterocycles. The molecule has 0 fully saturated rings. The first kappa shape index (κ1) is 13.6. The Morgan fingerprint density at radius 1 is 1.53 bits per heavy atom. The van der Waals surface area contributed by atoms with Crippen molar-refractivity contribution >= 4 is 22.2 Å². The Morgan fingerprint density at radius 3 is 2.88 bits per heavy atom. The quantitative estimate of drug-likeness (QED) is 0.528. The average molecular weight is 297 g/mol. The van der Waals surface area contributed by atoms with Gasteiger partial charge in [0.1, 0.15) is 6.29 Å². The summed E-state index contributed by atoms with van der Waals surface area (Å²) in [5, 5.41) is 10.7. The second kappa shape index (κ2) is 6.97. The molecular weight excluding hydrogens is 284 g/mol. The first-order chi connectivity index (χ1) is 8.22. The first-order valence-corrected chi connectivity index (χ1v) is 6.34. The van der Waals surface area contributed by atoms with Gasteiger partial charge in [0.15, 0.2) is 11.5 Å². The second-order valence-corrected chi connectivity index (χ2v) is 4.00. The summed E-state index contributed by atoms with van der Waals surface area (Å²) in [6, 6.07) is 3.05. The van der Waals surface area contributed by atoms with Gasteiger partial charge in [-0.25, -0.2) is 0 Å². The Morgan fingerprint density at radius 2 is 2.29 bits per heavy atom. The van der Waals surface area contributed by atoms with E-state index in [0.717, 1.165) is 5.33 Å². The van der Waals surface area contributed by atoms with Crippen LogP contribution < -0.4 is 4.74 Å². The van der Waals surface area contributed by atoms with Gasteiger partial charge in [-0.2, -0.15) is 0 Å². The number of ether oxygens (including phenoxy) is 1. The SMILES string of the molecule is CCOc1cc(C=O)cc(C#CCCBr)c1O. The van der Waals surface area contributed by atoms with E-state index in [1.807, 2.05) is 6.92 Å². The third-order valence-corrected chi connectivity index (χ3v) is 2.37. The highest BCUT2D eigenvalue weighted by Crippen LogP contribution is 2.30. The summed E-state index contributed by atoms with van der Waals surface area (Å²) in [4.78, 5) is 10.8. The molecule has 0 atom stereocenters. The number of hydrogen-bond donors (Lipinski definition) is 1. The van der Waals surface area contributed by atoms with Gasteiger partial charge in [-0.1, -0.05) is 27.8 Å². The summed E-state index contributed by atoms with van der Waals surface area (Å²) < 4.78 is 5.24. The number of aromatic hydroxyl groups is 1. The zero-order valence-corrected chi connectivity index (χ0v) is 11.1. The Hall–Kier alpha value is -1.47. The minimum absolute atomic E-state index is 0.0143. The van der Waals surface area contributed by atoms with Crippen molar-refractivity contribution in [3.8, 4) is 23.3 Å². The van der Waals surface area contributed by atoms with Gasteiger partial charge in [0.2, 0.25) is 0 Å². The lowest BCUT2D eigenvalue weighted by atomic mass is 10.1. The van der Waals surface area contributed by atoms with Crippen molar-refractivity contribution in [1.29, 1.82) is 0 Å². The molecule has 1 aromatic rings. The molecule has 1 N–H and O–H groups in total. The molecule has 0 unspecified atom stereocenters. The molecule has 1 aromatic carbocycles. The fourth-order valence-corrected chi connectivity index (χ4v) is 1.46. The molecule has 0 radical (unpaired) electrons. The molecule has 0 aromatic heterocycles. The maximum absolute atomic E-state index is 10.8. The summed E-state index contributed by atoms with van der Waals surface area (Å²) in [6.45, 7) is 2.23. The average Bonchev–Trinajstić information content (AvgIpc) is 2.34. The van der Waals surface area contributed by atoms with Gasteiger partial charge in [0.05, 0.1) is 12.2 Å². The van der Waals surface area contributed by atoms with Crippen LogP contribution in [0.25, 0.3) is 0 Å². The van der Waals surface area contributed by atoms with E-state index in [1.54, 1.807) is 6.07 Å². The highest BCUT2D eigenvalue weighted by Gasteiger charge is 2.09. The molecule has 17 heavy (non-hydrogen) atoms. The third-order valence-electron chi connectivity index (χ3n) is 1.98. The second-order valence-electron chi connectivity index (χ2n) is 3.21. The molecule has 0 amide bonds. The van der Waals surface area contributed by atoms with E-state index < -0.39 is 0 Å². The van der Waals surface area contributed by atoms with E-state index in [2.05, 4.69) is 27.8 Å². The predicted molar refractivity (Wildman–Crippen MR) is 70.0 cm³/mol. The summed E-state index contributed by atoms with van der Waals surface area (Å²) in [5.74, 6) is 5.98. The normalized spacial score (nSPS) is 9.29. The number of phenolic OH excluding ortho intramolecular Hbond substituents is 1. The van der Waals surface area contributed by atoms with Crippen LogP contribution in [0.3, 0.4) is 0 Å². The van der Waals surface area contributed by atoms with Crippen LogP contribution in [0.4, 0.5) is 0 Å². The van der Waals surface area contributed by atoms with Gasteiger partial charge in [0, 0.05) is 17.3 Å². The van der Waals surface area contributed by atoms with E-state index in [4.69, 9.17) is 4.74 Å². The minimum atomic E-state index is -0.0143. The predicted octanol–water partition coefficient (Wildman–Crippen LogP) is 2.74. The number of hydrogen-bond acceptors (Lipinski definition) is 3. The lowest BCUT2D eigenvalue weighted by Crippen LogP contribution is -1.95. The summed E-state index contributed by atoms with van der Waals surface area (Å²) >= 11 is 3.26. The fraction of sp³-hybridized carbons (Fsp3) is 0.308. The zero-order chi connectivity index (χ0) is 12.7. The van der Waals surface area contributed by atoms with Crippen molar-refractivity contribution in [2.75, 3.05) is 11.9 Å². The Labute approximate surface area is 109 Å². The van der Waals surface area contributed by atoms with Crippen LogP contribution in [0.5, 0.6) is 11.5 Å². The van der Waals surface area contributed by atoms with Crippen LogP contribution >= 0.6 is 15.9 Å². The highest BCUT2D eigenvalue weighted by atomic mass is 79.9. The maximum atomic E-state index is 10.8. The van der Waals surface area contributed by atoms with E-state index in [9.17, 15) is 9.90 Å². The van der Waals surface area contributed by atoms with Crippen molar-refractivity contribution in [2.45, 2.75) is 13.3 Å². The molecule has 1 rings (SSSR count). The maximum Gasteiger partial charge on any atom is 0.173 e. The molecule has 90 valence electrons. The zero-order valence-electron chi connectivity index (χ0n) is 9.50. The number of benzene rings is 1. The summed E-state index contributed by atoms with van der Waals surface area (Å²) in [7, 11) is 0. The molecule has 0 bridgehead atoms. The lowest BCUT2D eigenvalue weighted by molar-refractivity contribution is 0.112. The topological polar surface area (TPSA) is 46.5 Å². The molecule has 0 spiro atoms. The van der Waals surface area contributed by atoms with Crippen molar-refractivity contribution < 1.29 is 14.6 Å². The van der Waals surface area contributed by atoms with Crippen LogP contribution in [0, 0.1) is 11.8 Å². The fourth-order valence-electron chi connectivity index (χ4n) is 1.26. The van der Waals surface area contributed by atoms with Crippen molar-refractivity contribution in [3.05, 3.63) is 23.3 Å². The molecule has 3 nitrogen and oxygen atoms in total. The monoisotopic (exact) mass is 296 g/mol. The van der Waals surface area contributed by atoms with Gasteiger partial charge in [-0.05, 0) is 19.1 Å². The van der Waals surface area contributed by atoms with Crippen LogP contribution in [-0.2, 0) is 0 Å².